The molecule has 0 fully saturated rings. The second-order valence-electron chi connectivity index (χ2n) is 4.97. The molecule has 21 heavy (non-hydrogen) atoms. The molecule has 0 saturated heterocycles. The molecule has 3 N–H and O–H groups in total. The summed E-state index contributed by atoms with van der Waals surface area (Å²) in [6.45, 7) is 7.11. The van der Waals surface area contributed by atoms with Gasteiger partial charge in [0.1, 0.15) is 11.5 Å². The predicted octanol–water partition coefficient (Wildman–Crippen LogP) is 2.64. The van der Waals surface area contributed by atoms with E-state index >= 15 is 0 Å². The first-order valence-electron chi connectivity index (χ1n) is 7.35. The first-order chi connectivity index (χ1) is 10.0. The maximum absolute atomic E-state index is 11.1. The summed E-state index contributed by atoms with van der Waals surface area (Å²) in [5.41, 5.74) is 6.50. The van der Waals surface area contributed by atoms with E-state index in [1.807, 2.05) is 39.0 Å². The Balaban J connectivity index is 3.00. The fraction of sp³-hybridized carbons (Fsp3) is 0.562. The van der Waals surface area contributed by atoms with E-state index < -0.39 is 11.9 Å². The van der Waals surface area contributed by atoms with Gasteiger partial charge >= 0.3 is 5.97 Å². The van der Waals surface area contributed by atoms with Gasteiger partial charge < -0.3 is 20.3 Å². The van der Waals surface area contributed by atoms with Crippen LogP contribution in [0, 0.1) is 5.92 Å². The lowest BCUT2D eigenvalue weighted by molar-refractivity contribution is -0.141. The van der Waals surface area contributed by atoms with Crippen LogP contribution in [0.4, 0.5) is 0 Å². The van der Waals surface area contributed by atoms with Crippen molar-refractivity contribution in [1.82, 2.24) is 0 Å². The number of hydrogen-bond acceptors (Lipinski definition) is 4. The minimum atomic E-state index is -0.858. The fourth-order valence-corrected chi connectivity index (χ4v) is 2.31. The number of carboxylic acids is 1. The largest absolute Gasteiger partial charge is 0.494 e. The molecule has 2 unspecified atom stereocenters. The molecule has 2 atom stereocenters. The summed E-state index contributed by atoms with van der Waals surface area (Å²) < 4.78 is 11.1. The van der Waals surface area contributed by atoms with Gasteiger partial charge in [-0.25, -0.2) is 0 Å². The Bertz CT molecular complexity index is 462. The van der Waals surface area contributed by atoms with Crippen LogP contribution in [-0.2, 0) is 4.79 Å². The van der Waals surface area contributed by atoms with E-state index in [1.54, 1.807) is 0 Å². The van der Waals surface area contributed by atoms with Gasteiger partial charge in [0, 0.05) is 12.1 Å². The van der Waals surface area contributed by atoms with E-state index in [1.165, 1.54) is 0 Å². The molecule has 0 aromatic heterocycles. The van der Waals surface area contributed by atoms with Gasteiger partial charge in [0.25, 0.3) is 0 Å². The lowest BCUT2D eigenvalue weighted by Crippen LogP contribution is -2.24. The van der Waals surface area contributed by atoms with Gasteiger partial charge in [0.2, 0.25) is 0 Å². The summed E-state index contributed by atoms with van der Waals surface area (Å²) >= 11 is 0. The molecule has 0 saturated carbocycles. The summed E-state index contributed by atoms with van der Waals surface area (Å²) in [7, 11) is 0. The van der Waals surface area contributed by atoms with Crippen molar-refractivity contribution in [1.29, 1.82) is 0 Å². The predicted molar refractivity (Wildman–Crippen MR) is 82.0 cm³/mol. The van der Waals surface area contributed by atoms with Gasteiger partial charge in [-0.3, -0.25) is 4.79 Å². The van der Waals surface area contributed by atoms with E-state index in [-0.39, 0.29) is 12.5 Å². The van der Waals surface area contributed by atoms with Crippen molar-refractivity contribution in [2.24, 2.45) is 11.7 Å². The van der Waals surface area contributed by atoms with Crippen LogP contribution in [0.2, 0.25) is 0 Å². The second-order valence-corrected chi connectivity index (χ2v) is 4.97. The fourth-order valence-electron chi connectivity index (χ4n) is 2.31. The van der Waals surface area contributed by atoms with Crippen LogP contribution < -0.4 is 15.2 Å². The molecular formula is C16H25NO4. The molecule has 0 heterocycles. The van der Waals surface area contributed by atoms with Gasteiger partial charge in [-0.1, -0.05) is 6.92 Å². The van der Waals surface area contributed by atoms with Crippen LogP contribution in [0.3, 0.4) is 0 Å². The Morgan fingerprint density at radius 1 is 1.29 bits per heavy atom. The number of ether oxygens (including phenoxy) is 2. The number of benzene rings is 1. The molecule has 0 amide bonds. The number of carbonyl (C=O) groups is 1. The zero-order valence-electron chi connectivity index (χ0n) is 13.0. The summed E-state index contributed by atoms with van der Waals surface area (Å²) in [5.74, 6) is 0.155. The standard InChI is InChI=1S/C16H25NO4/c1-4-20-13-6-7-15(21-5-2)14(9-13)11(3)8-12(10-17)16(18)19/h6-7,9,11-12H,4-5,8,10,17H2,1-3H3,(H,18,19). The highest BCUT2D eigenvalue weighted by Crippen LogP contribution is 2.34. The van der Waals surface area contributed by atoms with Gasteiger partial charge in [-0.2, -0.15) is 0 Å². The Kier molecular flexibility index (Phi) is 7.02. The number of aliphatic carboxylic acids is 1. The Morgan fingerprint density at radius 3 is 2.48 bits per heavy atom. The molecule has 0 bridgehead atoms. The Labute approximate surface area is 126 Å². The molecule has 0 radical (unpaired) electrons. The molecule has 1 rings (SSSR count). The van der Waals surface area contributed by atoms with Crippen molar-refractivity contribution < 1.29 is 19.4 Å². The zero-order valence-corrected chi connectivity index (χ0v) is 13.0. The van der Waals surface area contributed by atoms with Crippen LogP contribution >= 0.6 is 0 Å². The van der Waals surface area contributed by atoms with E-state index in [0.717, 1.165) is 17.1 Å². The van der Waals surface area contributed by atoms with Gasteiger partial charge in [0.05, 0.1) is 19.1 Å². The highest BCUT2D eigenvalue weighted by Gasteiger charge is 2.22. The maximum atomic E-state index is 11.1. The summed E-state index contributed by atoms with van der Waals surface area (Å²) in [6.07, 6.45) is 0.474. The SMILES string of the molecule is CCOc1ccc(OCC)c(C(C)CC(CN)C(=O)O)c1. The summed E-state index contributed by atoms with van der Waals surface area (Å²) in [5, 5.41) is 9.14. The smallest absolute Gasteiger partial charge is 0.307 e. The van der Waals surface area contributed by atoms with E-state index in [4.69, 9.17) is 20.3 Å². The molecule has 0 aliphatic heterocycles. The van der Waals surface area contributed by atoms with Crippen LogP contribution in [-0.4, -0.2) is 30.8 Å². The first kappa shape index (κ1) is 17.3. The minimum absolute atomic E-state index is 0.0246. The summed E-state index contributed by atoms with van der Waals surface area (Å²) in [6, 6.07) is 5.66. The van der Waals surface area contributed by atoms with Crippen molar-refractivity contribution in [2.45, 2.75) is 33.1 Å². The molecule has 5 heteroatoms. The number of hydrogen-bond donors (Lipinski definition) is 2. The number of nitrogens with two attached hydrogens (primary N) is 1. The number of carboxylic acid groups (broad SMARTS) is 1. The molecule has 0 aliphatic carbocycles. The summed E-state index contributed by atoms with van der Waals surface area (Å²) in [4.78, 5) is 11.1. The number of rotatable bonds is 9. The third-order valence-corrected chi connectivity index (χ3v) is 3.39. The van der Waals surface area contributed by atoms with Crippen LogP contribution in [0.5, 0.6) is 11.5 Å². The molecule has 0 spiro atoms. The van der Waals surface area contributed by atoms with Crippen LogP contribution in [0.1, 0.15) is 38.7 Å². The molecule has 1 aromatic rings. The van der Waals surface area contributed by atoms with Crippen molar-refractivity contribution in [3.05, 3.63) is 23.8 Å². The van der Waals surface area contributed by atoms with Crippen molar-refractivity contribution >= 4 is 5.97 Å². The zero-order chi connectivity index (χ0) is 15.8. The average Bonchev–Trinajstić information content (AvgIpc) is 2.46. The molecule has 118 valence electrons. The van der Waals surface area contributed by atoms with E-state index in [9.17, 15) is 4.79 Å². The van der Waals surface area contributed by atoms with Crippen molar-refractivity contribution in [3.8, 4) is 11.5 Å². The lowest BCUT2D eigenvalue weighted by Gasteiger charge is -2.20. The minimum Gasteiger partial charge on any atom is -0.494 e. The quantitative estimate of drug-likeness (QED) is 0.732. The monoisotopic (exact) mass is 295 g/mol. The highest BCUT2D eigenvalue weighted by atomic mass is 16.5. The second kappa shape index (κ2) is 8.52. The third-order valence-electron chi connectivity index (χ3n) is 3.39. The van der Waals surface area contributed by atoms with E-state index in [2.05, 4.69) is 0 Å². The van der Waals surface area contributed by atoms with Crippen LogP contribution in [0.15, 0.2) is 18.2 Å². The lowest BCUT2D eigenvalue weighted by atomic mass is 9.89. The normalized spacial score (nSPS) is 13.5. The topological polar surface area (TPSA) is 81.8 Å². The van der Waals surface area contributed by atoms with Gasteiger partial charge in [-0.15, -0.1) is 0 Å². The Morgan fingerprint density at radius 2 is 1.95 bits per heavy atom. The van der Waals surface area contributed by atoms with Crippen molar-refractivity contribution in [3.63, 3.8) is 0 Å². The highest BCUT2D eigenvalue weighted by molar-refractivity contribution is 5.70. The van der Waals surface area contributed by atoms with Gasteiger partial charge in [-0.05, 0) is 44.4 Å². The third kappa shape index (κ3) is 4.93. The molecule has 5 nitrogen and oxygen atoms in total. The molecule has 0 aliphatic rings. The molecule has 1 aromatic carbocycles. The van der Waals surface area contributed by atoms with E-state index in [0.29, 0.717) is 19.6 Å². The molecular weight excluding hydrogens is 270 g/mol. The van der Waals surface area contributed by atoms with Crippen LogP contribution in [0.25, 0.3) is 0 Å². The van der Waals surface area contributed by atoms with Crippen molar-refractivity contribution in [2.75, 3.05) is 19.8 Å². The van der Waals surface area contributed by atoms with Gasteiger partial charge in [0.15, 0.2) is 0 Å². The average molecular weight is 295 g/mol. The maximum Gasteiger partial charge on any atom is 0.307 e. The first-order valence-corrected chi connectivity index (χ1v) is 7.35. The Hall–Kier alpha value is -1.75.